The Kier molecular flexibility index (Phi) is 7.86. The highest BCUT2D eigenvalue weighted by Crippen LogP contribution is 2.51. The van der Waals surface area contributed by atoms with Gasteiger partial charge in [0.25, 0.3) is 5.91 Å². The molecule has 0 saturated carbocycles. The molecule has 0 fully saturated rings. The number of hydrogen-bond donors (Lipinski definition) is 3. The summed E-state index contributed by atoms with van der Waals surface area (Å²) in [5.74, 6) is -1.47. The van der Waals surface area contributed by atoms with Crippen LogP contribution >= 0.6 is 19.4 Å². The molecule has 1 unspecified atom stereocenters. The van der Waals surface area contributed by atoms with E-state index in [-0.39, 0.29) is 16.3 Å². The van der Waals surface area contributed by atoms with Crippen LogP contribution in [0.4, 0.5) is 28.0 Å². The second kappa shape index (κ2) is 10.2. The highest BCUT2D eigenvalue weighted by Gasteiger charge is 2.55. The van der Waals surface area contributed by atoms with Crippen LogP contribution in [0.2, 0.25) is 5.02 Å². The Morgan fingerprint density at radius 2 is 1.89 bits per heavy atom. The van der Waals surface area contributed by atoms with Gasteiger partial charge >= 0.3 is 20.1 Å². The van der Waals surface area contributed by atoms with Gasteiger partial charge in [-0.25, -0.2) is 13.8 Å². The first-order chi connectivity index (χ1) is 16.7. The zero-order valence-electron chi connectivity index (χ0n) is 18.2. The predicted octanol–water partition coefficient (Wildman–Crippen LogP) is 3.72. The van der Waals surface area contributed by atoms with Gasteiger partial charge in [0.2, 0.25) is 5.67 Å². The summed E-state index contributed by atoms with van der Waals surface area (Å²) in [6.45, 7) is -2.01. The number of alkyl halides is 4. The molecule has 3 N–H and O–H groups in total. The van der Waals surface area contributed by atoms with E-state index in [1.54, 1.807) is 0 Å². The third kappa shape index (κ3) is 5.73. The predicted molar refractivity (Wildman–Crippen MR) is 116 cm³/mol. The minimum absolute atomic E-state index is 0.0238. The molecule has 0 aliphatic carbocycles. The molecule has 0 saturated heterocycles. The van der Waals surface area contributed by atoms with Crippen molar-refractivity contribution < 1.29 is 55.5 Å². The number of hydrogen-bond acceptors (Lipinski definition) is 6. The summed E-state index contributed by atoms with van der Waals surface area (Å²) in [7, 11) is -3.57. The minimum Gasteiger partial charge on any atom is -0.496 e. The summed E-state index contributed by atoms with van der Waals surface area (Å²) in [5.41, 5.74) is -5.55. The molecule has 1 aliphatic heterocycles. The molecule has 10 nitrogen and oxygen atoms in total. The lowest BCUT2D eigenvalue weighted by Crippen LogP contribution is -2.41. The number of halogens is 5. The average molecular weight is 557 g/mol. The number of methoxy groups -OCH3 is 1. The number of nitrogens with one attached hydrogen (secondary N) is 1. The molecular weight excluding hydrogens is 539 g/mol. The molecule has 0 aromatic heterocycles. The first kappa shape index (κ1) is 27.7. The number of carbonyl (C=O) groups excluding carboxylic acids is 2. The monoisotopic (exact) mass is 556 g/mol. The number of nitrogens with zero attached hydrogens (tertiary/aromatic N) is 1. The van der Waals surface area contributed by atoms with E-state index in [9.17, 15) is 27.3 Å². The lowest BCUT2D eigenvalue weighted by atomic mass is 9.88. The van der Waals surface area contributed by atoms with Crippen molar-refractivity contribution in [3.63, 3.8) is 0 Å². The van der Waals surface area contributed by atoms with Crippen molar-refractivity contribution in [3.05, 3.63) is 58.1 Å². The number of alkyl carbamates (subject to hydrolysis) is 1. The number of amides is 2. The molecule has 36 heavy (non-hydrogen) atoms. The second-order valence-corrected chi connectivity index (χ2v) is 8.95. The first-order valence-electron chi connectivity index (χ1n) is 9.86. The van der Waals surface area contributed by atoms with E-state index in [0.717, 1.165) is 12.1 Å². The van der Waals surface area contributed by atoms with E-state index in [2.05, 4.69) is 9.84 Å². The highest BCUT2D eigenvalue weighted by molar-refractivity contribution is 7.46. The van der Waals surface area contributed by atoms with Gasteiger partial charge in [-0.05, 0) is 30.3 Å². The van der Waals surface area contributed by atoms with Crippen LogP contribution in [0.1, 0.15) is 16.7 Å². The average Bonchev–Trinajstić information content (AvgIpc) is 3.01. The Hall–Kier alpha value is -2.90. The summed E-state index contributed by atoms with van der Waals surface area (Å²) in [6.07, 6.45) is -6.04. The van der Waals surface area contributed by atoms with E-state index in [1.807, 2.05) is 0 Å². The number of ether oxygens (including phenoxy) is 2. The summed E-state index contributed by atoms with van der Waals surface area (Å²) in [5, 5.41) is 2.08. The number of anilines is 1. The van der Waals surface area contributed by atoms with Crippen LogP contribution in [0.15, 0.2) is 36.4 Å². The van der Waals surface area contributed by atoms with Gasteiger partial charge in [0.05, 0.1) is 25.0 Å². The van der Waals surface area contributed by atoms with Gasteiger partial charge < -0.3 is 24.6 Å². The second-order valence-electron chi connectivity index (χ2n) is 7.28. The fourth-order valence-corrected chi connectivity index (χ4v) is 3.96. The maximum atomic E-state index is 16.6. The fraction of sp³-hybridized carbons (Fsp3) is 0.300. The van der Waals surface area contributed by atoms with Gasteiger partial charge in [-0.2, -0.15) is 13.2 Å². The van der Waals surface area contributed by atoms with Crippen molar-refractivity contribution in [1.82, 2.24) is 5.32 Å². The van der Waals surface area contributed by atoms with Crippen molar-refractivity contribution >= 4 is 37.1 Å². The third-order valence-corrected chi connectivity index (χ3v) is 5.77. The number of phosphoric ester groups is 1. The van der Waals surface area contributed by atoms with Gasteiger partial charge in [0.1, 0.15) is 5.75 Å². The van der Waals surface area contributed by atoms with E-state index in [4.69, 9.17) is 30.9 Å². The van der Waals surface area contributed by atoms with Crippen molar-refractivity contribution in [2.45, 2.75) is 11.8 Å². The van der Waals surface area contributed by atoms with Gasteiger partial charge in [-0.15, -0.1) is 0 Å². The molecular formula is C20H18ClF4N2O8P. The van der Waals surface area contributed by atoms with Crippen LogP contribution in [0.25, 0.3) is 0 Å². The van der Waals surface area contributed by atoms with E-state index in [0.29, 0.717) is 17.0 Å². The molecule has 1 heterocycles. The van der Waals surface area contributed by atoms with E-state index in [1.165, 1.54) is 19.2 Å². The number of rotatable bonds is 8. The summed E-state index contributed by atoms with van der Waals surface area (Å²) < 4.78 is 81.3. The molecule has 3 rings (SSSR count). The maximum Gasteiger partial charge on any atom is 0.469 e. The number of fused-ring (bicyclic) bond motifs is 1. The number of benzene rings is 2. The minimum atomic E-state index is -4.82. The Bertz CT molecular complexity index is 1220. The Labute approximate surface area is 205 Å². The zero-order valence-corrected chi connectivity index (χ0v) is 19.9. The zero-order chi connectivity index (χ0) is 26.9. The molecule has 0 bridgehead atoms. The molecule has 2 aromatic carbocycles. The van der Waals surface area contributed by atoms with Crippen LogP contribution in [0, 0.1) is 0 Å². The van der Waals surface area contributed by atoms with Crippen LogP contribution in [-0.2, 0) is 30.5 Å². The van der Waals surface area contributed by atoms with E-state index >= 15 is 4.39 Å². The van der Waals surface area contributed by atoms with Gasteiger partial charge in [-0.3, -0.25) is 14.2 Å². The van der Waals surface area contributed by atoms with Crippen LogP contribution < -0.4 is 15.0 Å². The van der Waals surface area contributed by atoms with Crippen LogP contribution in [0.5, 0.6) is 5.75 Å². The van der Waals surface area contributed by atoms with Crippen LogP contribution in [0.3, 0.4) is 0 Å². The molecule has 1 aliphatic rings. The van der Waals surface area contributed by atoms with Crippen molar-refractivity contribution in [1.29, 1.82) is 0 Å². The topological polar surface area (TPSA) is 135 Å². The van der Waals surface area contributed by atoms with Gasteiger partial charge in [-0.1, -0.05) is 17.7 Å². The van der Waals surface area contributed by atoms with Crippen LogP contribution in [-0.4, -0.2) is 48.8 Å². The molecule has 2 amide bonds. The summed E-state index contributed by atoms with van der Waals surface area (Å²) in [6, 6.07) is 5.69. The standard InChI is InChI=1S/C20H18ClF4N2O8P/c1-33-16-5-3-12(21)9-14(16)19(22)13-4-2-11(20(23,24)25)8-15(13)27(17(19)28)10-34-18(29)26-6-7-35-36(30,31)32/h2-5,8-9H,6-7,10H2,1H3,(H,26,29)(H2,30,31,32). The highest BCUT2D eigenvalue weighted by atomic mass is 35.5. The Balaban J connectivity index is 1.93. The fourth-order valence-electron chi connectivity index (χ4n) is 3.46. The molecule has 1 atom stereocenters. The Morgan fingerprint density at radius 3 is 2.50 bits per heavy atom. The summed E-state index contributed by atoms with van der Waals surface area (Å²) in [4.78, 5) is 42.9. The SMILES string of the molecule is COc1ccc(Cl)cc1C1(F)C(=O)N(COC(=O)NCCOP(=O)(O)O)c2cc(C(F)(F)F)ccc21. The van der Waals surface area contributed by atoms with Gasteiger partial charge in [0, 0.05) is 22.7 Å². The van der Waals surface area contributed by atoms with E-state index < -0.39 is 68.4 Å². The molecule has 0 radical (unpaired) electrons. The van der Waals surface area contributed by atoms with Crippen molar-refractivity contribution in [2.24, 2.45) is 0 Å². The third-order valence-electron chi connectivity index (χ3n) is 5.02. The molecule has 2 aromatic rings. The molecule has 0 spiro atoms. The largest absolute Gasteiger partial charge is 0.496 e. The lowest BCUT2D eigenvalue weighted by Gasteiger charge is -2.23. The first-order valence-corrected chi connectivity index (χ1v) is 11.8. The smallest absolute Gasteiger partial charge is 0.469 e. The molecule has 196 valence electrons. The molecule has 16 heteroatoms. The Morgan fingerprint density at radius 1 is 1.19 bits per heavy atom. The number of carbonyl (C=O) groups is 2. The van der Waals surface area contributed by atoms with Crippen molar-refractivity contribution in [2.75, 3.05) is 31.9 Å². The van der Waals surface area contributed by atoms with Gasteiger partial charge in [0.15, 0.2) is 6.73 Å². The quantitative estimate of drug-likeness (QED) is 0.254. The number of phosphoric acid groups is 1. The van der Waals surface area contributed by atoms with Crippen molar-refractivity contribution in [3.8, 4) is 5.75 Å². The maximum absolute atomic E-state index is 16.6. The lowest BCUT2D eigenvalue weighted by molar-refractivity contribution is -0.137. The summed E-state index contributed by atoms with van der Waals surface area (Å²) >= 11 is 5.97. The normalized spacial score (nSPS) is 17.7.